The molecule has 1 amide bonds. The number of hydrogen-bond acceptors (Lipinski definition) is 5. The number of nitrogens with zero attached hydrogens (tertiary/aromatic N) is 3. The number of nitrogens with one attached hydrogen (secondary N) is 2. The minimum absolute atomic E-state index is 0.165. The van der Waals surface area contributed by atoms with Gasteiger partial charge in [-0.15, -0.1) is 0 Å². The zero-order valence-electron chi connectivity index (χ0n) is 13.5. The van der Waals surface area contributed by atoms with E-state index >= 15 is 0 Å². The predicted octanol–water partition coefficient (Wildman–Crippen LogP) is 1.27. The van der Waals surface area contributed by atoms with Crippen LogP contribution in [0.5, 0.6) is 0 Å². The lowest BCUT2D eigenvalue weighted by atomic mass is 10.0. The fourth-order valence-corrected chi connectivity index (χ4v) is 3.52. The van der Waals surface area contributed by atoms with Gasteiger partial charge in [0, 0.05) is 56.6 Å². The van der Waals surface area contributed by atoms with Crippen molar-refractivity contribution in [1.29, 1.82) is 0 Å². The third-order valence-corrected chi connectivity index (χ3v) is 4.80. The van der Waals surface area contributed by atoms with E-state index in [9.17, 15) is 4.79 Å². The van der Waals surface area contributed by atoms with Crippen LogP contribution in [0.4, 0.5) is 5.95 Å². The summed E-state index contributed by atoms with van der Waals surface area (Å²) in [5.41, 5.74) is 2.28. The molecule has 1 aromatic carbocycles. The van der Waals surface area contributed by atoms with E-state index in [0.29, 0.717) is 18.4 Å². The molecule has 2 aliphatic rings. The number of likely N-dealkylation sites (tertiary alicyclic amines) is 1. The molecule has 124 valence electrons. The number of carbonyl (C=O) groups is 1. The molecule has 0 radical (unpaired) electrons. The van der Waals surface area contributed by atoms with Gasteiger partial charge < -0.3 is 10.6 Å². The summed E-state index contributed by atoms with van der Waals surface area (Å²) in [6.07, 6.45) is 3.74. The number of benzene rings is 1. The molecule has 0 saturated carbocycles. The van der Waals surface area contributed by atoms with Crippen LogP contribution in [0.2, 0.25) is 0 Å². The maximum absolute atomic E-state index is 11.7. The first kappa shape index (κ1) is 15.1. The van der Waals surface area contributed by atoms with Crippen LogP contribution < -0.4 is 10.6 Å². The first-order valence-corrected chi connectivity index (χ1v) is 8.37. The van der Waals surface area contributed by atoms with Gasteiger partial charge >= 0.3 is 0 Å². The molecule has 6 heteroatoms. The van der Waals surface area contributed by atoms with Crippen LogP contribution in [0.25, 0.3) is 0 Å². The first-order chi connectivity index (χ1) is 11.8. The van der Waals surface area contributed by atoms with E-state index in [1.807, 2.05) is 30.6 Å². The van der Waals surface area contributed by atoms with Crippen molar-refractivity contribution in [2.75, 3.05) is 25.0 Å². The van der Waals surface area contributed by atoms with E-state index in [1.165, 1.54) is 5.56 Å². The third kappa shape index (κ3) is 3.23. The van der Waals surface area contributed by atoms with Crippen LogP contribution in [0, 0.1) is 11.8 Å². The van der Waals surface area contributed by atoms with Crippen molar-refractivity contribution in [3.63, 3.8) is 0 Å². The van der Waals surface area contributed by atoms with Gasteiger partial charge in [0.2, 0.25) is 11.9 Å². The Bertz CT molecular complexity index is 703. The lowest BCUT2D eigenvalue weighted by Crippen LogP contribution is -2.28. The van der Waals surface area contributed by atoms with Gasteiger partial charge in [0.05, 0.1) is 5.92 Å². The van der Waals surface area contributed by atoms with Gasteiger partial charge in [0.1, 0.15) is 0 Å². The number of carbonyl (C=O) groups excluding carboxylic acids is 1. The van der Waals surface area contributed by atoms with Gasteiger partial charge in [-0.2, -0.15) is 0 Å². The molecule has 0 spiro atoms. The molecular formula is C18H21N5O. The lowest BCUT2D eigenvalue weighted by molar-refractivity contribution is -0.122. The number of rotatable bonds is 5. The third-order valence-electron chi connectivity index (χ3n) is 4.80. The zero-order valence-corrected chi connectivity index (χ0v) is 13.5. The number of hydrogen-bond donors (Lipinski definition) is 2. The van der Waals surface area contributed by atoms with Crippen LogP contribution in [0.1, 0.15) is 11.1 Å². The molecule has 2 N–H and O–H groups in total. The molecule has 6 nitrogen and oxygen atoms in total. The monoisotopic (exact) mass is 323 g/mol. The highest BCUT2D eigenvalue weighted by atomic mass is 16.2. The summed E-state index contributed by atoms with van der Waals surface area (Å²) in [6.45, 7) is 4.14. The number of anilines is 1. The highest BCUT2D eigenvalue weighted by Crippen LogP contribution is 2.28. The Morgan fingerprint density at radius 3 is 2.67 bits per heavy atom. The van der Waals surface area contributed by atoms with Gasteiger partial charge in [0.25, 0.3) is 0 Å². The molecule has 2 saturated heterocycles. The summed E-state index contributed by atoms with van der Waals surface area (Å²) in [4.78, 5) is 22.8. The fourth-order valence-electron chi connectivity index (χ4n) is 3.52. The minimum atomic E-state index is 0.165. The quantitative estimate of drug-likeness (QED) is 0.867. The Morgan fingerprint density at radius 1 is 1.12 bits per heavy atom. The van der Waals surface area contributed by atoms with Crippen LogP contribution >= 0.6 is 0 Å². The number of amides is 1. The Balaban J connectivity index is 1.31. The molecule has 2 atom stereocenters. The molecule has 2 fully saturated rings. The Hall–Kier alpha value is -2.47. The maximum Gasteiger partial charge on any atom is 0.224 e. The van der Waals surface area contributed by atoms with Gasteiger partial charge in [-0.1, -0.05) is 30.3 Å². The molecule has 2 aliphatic heterocycles. The molecule has 0 unspecified atom stereocenters. The van der Waals surface area contributed by atoms with E-state index in [2.05, 4.69) is 37.6 Å². The van der Waals surface area contributed by atoms with E-state index in [1.54, 1.807) is 0 Å². The lowest BCUT2D eigenvalue weighted by Gasteiger charge is -2.16. The number of fused-ring (bicyclic) bond motifs is 1. The SMILES string of the molecule is O=C1NC[C@H]2CN(Cc3cnc(NCc4ccccc4)nc3)C[C@@H]12. The molecule has 3 heterocycles. The topological polar surface area (TPSA) is 70.2 Å². The van der Waals surface area contributed by atoms with Crippen molar-refractivity contribution in [3.8, 4) is 0 Å². The molecule has 2 aromatic rings. The molecular weight excluding hydrogens is 302 g/mol. The summed E-state index contributed by atoms with van der Waals surface area (Å²) in [7, 11) is 0. The standard InChI is InChI=1S/C18H21N5O/c24-17-16-12-23(11-15(16)9-19-17)10-14-7-21-18(22-8-14)20-6-13-4-2-1-3-5-13/h1-5,7-8,15-16H,6,9-12H2,(H,19,24)(H,20,21,22)/t15-,16+/m0/s1. The van der Waals surface area contributed by atoms with Crippen molar-refractivity contribution in [3.05, 3.63) is 53.9 Å². The fraction of sp³-hybridized carbons (Fsp3) is 0.389. The van der Waals surface area contributed by atoms with E-state index in [-0.39, 0.29) is 11.8 Å². The second kappa shape index (κ2) is 6.57. The molecule has 0 aliphatic carbocycles. The van der Waals surface area contributed by atoms with Gasteiger partial charge in [-0.3, -0.25) is 9.69 Å². The van der Waals surface area contributed by atoms with E-state index in [4.69, 9.17) is 0 Å². The Morgan fingerprint density at radius 2 is 1.92 bits per heavy atom. The van der Waals surface area contributed by atoms with Crippen LogP contribution in [-0.2, 0) is 17.9 Å². The highest BCUT2D eigenvalue weighted by Gasteiger charge is 2.41. The van der Waals surface area contributed by atoms with Crippen molar-refractivity contribution in [2.24, 2.45) is 11.8 Å². The highest BCUT2D eigenvalue weighted by molar-refractivity contribution is 5.81. The molecule has 0 bridgehead atoms. The summed E-state index contributed by atoms with van der Waals surface area (Å²) < 4.78 is 0. The summed E-state index contributed by atoms with van der Waals surface area (Å²) in [6, 6.07) is 10.2. The van der Waals surface area contributed by atoms with Crippen molar-refractivity contribution < 1.29 is 4.79 Å². The summed E-state index contributed by atoms with van der Waals surface area (Å²) >= 11 is 0. The van der Waals surface area contributed by atoms with Crippen LogP contribution in [0.15, 0.2) is 42.7 Å². The van der Waals surface area contributed by atoms with Gasteiger partial charge in [0.15, 0.2) is 0 Å². The van der Waals surface area contributed by atoms with E-state index < -0.39 is 0 Å². The molecule has 24 heavy (non-hydrogen) atoms. The molecule has 1 aromatic heterocycles. The van der Waals surface area contributed by atoms with Crippen LogP contribution in [0.3, 0.4) is 0 Å². The van der Waals surface area contributed by atoms with Crippen molar-refractivity contribution in [2.45, 2.75) is 13.1 Å². The predicted molar refractivity (Wildman–Crippen MR) is 91.1 cm³/mol. The second-order valence-electron chi connectivity index (χ2n) is 6.56. The Kier molecular flexibility index (Phi) is 4.13. The van der Waals surface area contributed by atoms with Crippen molar-refractivity contribution >= 4 is 11.9 Å². The summed E-state index contributed by atoms with van der Waals surface area (Å²) in [5, 5.41) is 6.17. The van der Waals surface area contributed by atoms with E-state index in [0.717, 1.165) is 31.7 Å². The zero-order chi connectivity index (χ0) is 16.4. The average molecular weight is 323 g/mol. The van der Waals surface area contributed by atoms with Crippen molar-refractivity contribution in [1.82, 2.24) is 20.2 Å². The summed E-state index contributed by atoms with van der Waals surface area (Å²) in [5.74, 6) is 1.47. The maximum atomic E-state index is 11.7. The average Bonchev–Trinajstić information content (AvgIpc) is 3.17. The first-order valence-electron chi connectivity index (χ1n) is 8.37. The van der Waals surface area contributed by atoms with Gasteiger partial charge in [-0.25, -0.2) is 9.97 Å². The Labute approximate surface area is 141 Å². The largest absolute Gasteiger partial charge is 0.355 e. The second-order valence-corrected chi connectivity index (χ2v) is 6.56. The normalized spacial score (nSPS) is 23.1. The smallest absolute Gasteiger partial charge is 0.224 e. The van der Waals surface area contributed by atoms with Crippen LogP contribution in [-0.4, -0.2) is 40.4 Å². The number of aromatic nitrogens is 2. The molecule has 4 rings (SSSR count). The minimum Gasteiger partial charge on any atom is -0.355 e. The van der Waals surface area contributed by atoms with Gasteiger partial charge in [-0.05, 0) is 5.56 Å².